The van der Waals surface area contributed by atoms with E-state index in [9.17, 15) is 22.5 Å². The number of aliphatic imine (C=N–C) groups is 1. The van der Waals surface area contributed by atoms with Crippen molar-refractivity contribution in [2.75, 3.05) is 0 Å². The molecule has 1 aromatic heterocycles. The van der Waals surface area contributed by atoms with Crippen LogP contribution in [-0.4, -0.2) is 25.5 Å². The summed E-state index contributed by atoms with van der Waals surface area (Å²) in [5.74, 6) is -0.712. The predicted octanol–water partition coefficient (Wildman–Crippen LogP) is 4.72. The lowest BCUT2D eigenvalue weighted by molar-refractivity contribution is -0.0925. The third-order valence-corrected chi connectivity index (χ3v) is 5.05. The highest BCUT2D eigenvalue weighted by molar-refractivity contribution is 7.99. The average molecular weight is 399 g/mol. The highest BCUT2D eigenvalue weighted by atomic mass is 35.5. The van der Waals surface area contributed by atoms with Gasteiger partial charge in [0.2, 0.25) is 0 Å². The molecule has 1 N–H and O–H groups in total. The molecular formula is C14H11Cl2F3N2O2S. The Labute approximate surface area is 148 Å². The van der Waals surface area contributed by atoms with Gasteiger partial charge in [-0.05, 0) is 12.5 Å². The molecule has 1 unspecified atom stereocenters. The molecule has 0 amide bonds. The highest BCUT2D eigenvalue weighted by Crippen LogP contribution is 2.30. The molecule has 24 heavy (non-hydrogen) atoms. The van der Waals surface area contributed by atoms with Gasteiger partial charge in [0.1, 0.15) is 16.5 Å². The number of hydrogen-bond acceptors (Lipinski definition) is 4. The fourth-order valence-electron chi connectivity index (χ4n) is 1.87. The Hall–Kier alpha value is -1.38. The van der Waals surface area contributed by atoms with E-state index < -0.39 is 28.4 Å². The van der Waals surface area contributed by atoms with Crippen molar-refractivity contribution in [2.24, 2.45) is 4.99 Å². The van der Waals surface area contributed by atoms with Crippen molar-refractivity contribution in [1.82, 2.24) is 4.98 Å². The van der Waals surface area contributed by atoms with E-state index in [2.05, 4.69) is 9.98 Å². The molecule has 0 saturated heterocycles. The van der Waals surface area contributed by atoms with E-state index in [1.807, 2.05) is 0 Å². The highest BCUT2D eigenvalue weighted by Gasteiger charge is 2.35. The minimum atomic E-state index is -4.78. The second kappa shape index (κ2) is 7.67. The number of nitrogens with zero attached hydrogens (tertiary/aromatic N) is 2. The Balaban J connectivity index is 2.34. The second-order valence-electron chi connectivity index (χ2n) is 4.77. The molecule has 1 atom stereocenters. The van der Waals surface area contributed by atoms with Gasteiger partial charge in [0.25, 0.3) is 0 Å². The predicted molar refractivity (Wildman–Crippen MR) is 87.6 cm³/mol. The lowest BCUT2D eigenvalue weighted by Gasteiger charge is -2.13. The smallest absolute Gasteiger partial charge is 0.433 e. The number of aliphatic hydroxyl groups excluding tert-OH is 1. The van der Waals surface area contributed by atoms with Crippen molar-refractivity contribution in [3.8, 4) is 0 Å². The van der Waals surface area contributed by atoms with Crippen LogP contribution in [-0.2, 0) is 16.6 Å². The van der Waals surface area contributed by atoms with Crippen LogP contribution in [0.2, 0.25) is 10.0 Å². The van der Waals surface area contributed by atoms with Gasteiger partial charge in [0.15, 0.2) is 0 Å². The summed E-state index contributed by atoms with van der Waals surface area (Å²) in [7, 11) is -1.86. The number of alkyl halides is 3. The monoisotopic (exact) mass is 398 g/mol. The topological polar surface area (TPSA) is 62.5 Å². The lowest BCUT2D eigenvalue weighted by Crippen LogP contribution is -2.17. The van der Waals surface area contributed by atoms with E-state index in [0.717, 1.165) is 0 Å². The molecule has 0 radical (unpaired) electrons. The molecule has 4 nitrogen and oxygen atoms in total. The molecule has 1 aromatic rings. The normalized spacial score (nSPS) is 17.3. The number of aromatic nitrogens is 1. The molecule has 0 aliphatic carbocycles. The van der Waals surface area contributed by atoms with Crippen LogP contribution >= 0.6 is 23.2 Å². The maximum atomic E-state index is 13.0. The van der Waals surface area contributed by atoms with Gasteiger partial charge in [-0.15, -0.1) is 0 Å². The fourth-order valence-corrected chi connectivity index (χ4v) is 3.81. The number of aliphatic hydroxyl groups is 1. The molecule has 0 bridgehead atoms. The minimum Gasteiger partial charge on any atom is -0.508 e. The van der Waals surface area contributed by atoms with Crippen molar-refractivity contribution >= 4 is 39.0 Å². The lowest BCUT2D eigenvalue weighted by atomic mass is 10.2. The summed E-state index contributed by atoms with van der Waals surface area (Å²) in [6, 6.07) is 0. The largest absolute Gasteiger partial charge is 0.508 e. The van der Waals surface area contributed by atoms with Gasteiger partial charge in [-0.3, -0.25) is 9.19 Å². The summed E-state index contributed by atoms with van der Waals surface area (Å²) in [4.78, 5) is 7.22. The van der Waals surface area contributed by atoms with Gasteiger partial charge in [-0.25, -0.2) is 4.99 Å². The Morgan fingerprint density at radius 1 is 1.25 bits per heavy atom. The van der Waals surface area contributed by atoms with Gasteiger partial charge in [0, 0.05) is 30.5 Å². The molecule has 2 rings (SSSR count). The molecule has 1 aliphatic rings. The van der Waals surface area contributed by atoms with Crippen molar-refractivity contribution in [3.63, 3.8) is 0 Å². The number of halogens is 5. The first-order valence-electron chi connectivity index (χ1n) is 6.60. The third kappa shape index (κ3) is 4.81. The van der Waals surface area contributed by atoms with Gasteiger partial charge < -0.3 is 5.11 Å². The van der Waals surface area contributed by atoms with Crippen LogP contribution in [0.5, 0.6) is 0 Å². The van der Waals surface area contributed by atoms with E-state index in [1.165, 1.54) is 18.5 Å². The van der Waals surface area contributed by atoms with Crippen molar-refractivity contribution in [1.29, 1.82) is 0 Å². The summed E-state index contributed by atoms with van der Waals surface area (Å²) in [5.41, 5.74) is -0.987. The van der Waals surface area contributed by atoms with Crippen LogP contribution in [0.3, 0.4) is 0 Å². The maximum absolute atomic E-state index is 13.0. The minimum absolute atomic E-state index is 0.00438. The molecule has 130 valence electrons. The Bertz CT molecular complexity index is 741. The molecular weight excluding hydrogens is 388 g/mol. The Morgan fingerprint density at radius 3 is 2.46 bits per heavy atom. The molecule has 2 heterocycles. The zero-order chi connectivity index (χ0) is 17.9. The first-order chi connectivity index (χ1) is 11.2. The van der Waals surface area contributed by atoms with Crippen LogP contribution in [0, 0.1) is 0 Å². The third-order valence-electron chi connectivity index (χ3n) is 3.02. The van der Waals surface area contributed by atoms with Gasteiger partial charge >= 0.3 is 6.18 Å². The van der Waals surface area contributed by atoms with Crippen molar-refractivity contribution in [2.45, 2.75) is 24.8 Å². The van der Waals surface area contributed by atoms with E-state index in [-0.39, 0.29) is 33.7 Å². The molecule has 0 spiro atoms. The van der Waals surface area contributed by atoms with E-state index in [0.29, 0.717) is 11.6 Å². The molecule has 0 fully saturated rings. The van der Waals surface area contributed by atoms with Crippen molar-refractivity contribution in [3.05, 3.63) is 51.6 Å². The SMILES string of the molecule is O=S(Cc1c(Cl)cncc1Cl)C1=NC(C(F)(F)F)=CC(O)=CCC1. The number of pyridine rings is 1. The van der Waals surface area contributed by atoms with E-state index in [4.69, 9.17) is 23.2 Å². The second-order valence-corrected chi connectivity index (χ2v) is 7.04. The number of allylic oxidation sites excluding steroid dienone is 3. The summed E-state index contributed by atoms with van der Waals surface area (Å²) in [5, 5.41) is 9.58. The Morgan fingerprint density at radius 2 is 1.88 bits per heavy atom. The molecule has 0 aromatic carbocycles. The first kappa shape index (κ1) is 19.0. The number of hydrogen-bond donors (Lipinski definition) is 1. The maximum Gasteiger partial charge on any atom is 0.433 e. The van der Waals surface area contributed by atoms with E-state index in [1.54, 1.807) is 0 Å². The van der Waals surface area contributed by atoms with Crippen molar-refractivity contribution < 1.29 is 22.5 Å². The van der Waals surface area contributed by atoms with Crippen LogP contribution < -0.4 is 0 Å². The summed E-state index contributed by atoms with van der Waals surface area (Å²) in [6.45, 7) is 0. The average Bonchev–Trinajstić information content (AvgIpc) is 2.45. The quantitative estimate of drug-likeness (QED) is 0.783. The van der Waals surface area contributed by atoms with Crippen LogP contribution in [0.15, 0.2) is 41.0 Å². The summed E-state index contributed by atoms with van der Waals surface area (Å²) < 4.78 is 51.3. The Kier molecular flexibility index (Phi) is 6.06. The van der Waals surface area contributed by atoms with Gasteiger partial charge in [-0.2, -0.15) is 13.2 Å². The van der Waals surface area contributed by atoms with Crippen LogP contribution in [0.4, 0.5) is 13.2 Å². The van der Waals surface area contributed by atoms with E-state index >= 15 is 0 Å². The zero-order valence-corrected chi connectivity index (χ0v) is 14.3. The summed E-state index contributed by atoms with van der Waals surface area (Å²) in [6.07, 6.45) is -0.239. The molecule has 1 aliphatic heterocycles. The standard InChI is InChI=1S/C14H11Cl2F3N2O2S/c15-10-5-20-6-11(16)9(10)7-24(23)13-3-1-2-8(22)4-12(21-13)14(17,18)19/h2,4-6,22H,1,3,7H2. The zero-order valence-electron chi connectivity index (χ0n) is 12.0. The molecule has 10 heteroatoms. The first-order valence-corrected chi connectivity index (χ1v) is 8.68. The number of rotatable bonds is 2. The van der Waals surface area contributed by atoms with Gasteiger partial charge in [0.05, 0.1) is 26.6 Å². The fraction of sp³-hybridized carbons (Fsp3) is 0.286. The molecule has 0 saturated carbocycles. The van der Waals surface area contributed by atoms with Crippen LogP contribution in [0.1, 0.15) is 18.4 Å². The van der Waals surface area contributed by atoms with Crippen LogP contribution in [0.25, 0.3) is 0 Å². The summed E-state index contributed by atoms with van der Waals surface area (Å²) >= 11 is 11.9. The van der Waals surface area contributed by atoms with Gasteiger partial charge in [-0.1, -0.05) is 23.2 Å².